The Morgan fingerprint density at radius 1 is 1.33 bits per heavy atom. The van der Waals surface area contributed by atoms with Crippen LogP contribution in [-0.2, 0) is 4.79 Å². The van der Waals surface area contributed by atoms with Crippen LogP contribution in [0, 0.1) is 26.7 Å². The lowest BCUT2D eigenvalue weighted by molar-refractivity contribution is -0.124. The van der Waals surface area contributed by atoms with Crippen LogP contribution in [0.2, 0.25) is 0 Å². The molecule has 0 radical (unpaired) electrons. The first-order chi connectivity index (χ1) is 9.84. The van der Waals surface area contributed by atoms with Gasteiger partial charge in [0, 0.05) is 0 Å². The van der Waals surface area contributed by atoms with Crippen molar-refractivity contribution in [1.29, 1.82) is 0 Å². The van der Waals surface area contributed by atoms with Crippen molar-refractivity contribution >= 4 is 5.91 Å². The van der Waals surface area contributed by atoms with Crippen LogP contribution < -0.4 is 16.2 Å². The molecule has 1 aliphatic rings. The number of rotatable bonds is 5. The number of carbonyl (C=O) groups excluding carboxylic acids is 1. The van der Waals surface area contributed by atoms with Crippen LogP contribution in [0.15, 0.2) is 12.1 Å². The summed E-state index contributed by atoms with van der Waals surface area (Å²) in [6, 6.07) is 4.24. The molecule has 1 saturated carbocycles. The van der Waals surface area contributed by atoms with Crippen LogP contribution in [0.1, 0.15) is 42.4 Å². The number of ether oxygens (including phenoxy) is 1. The van der Waals surface area contributed by atoms with Gasteiger partial charge in [0.25, 0.3) is 0 Å². The van der Waals surface area contributed by atoms with E-state index in [9.17, 15) is 4.79 Å². The maximum Gasteiger partial charge on any atom is 0.237 e. The summed E-state index contributed by atoms with van der Waals surface area (Å²) in [5, 5.41) is 0. The highest BCUT2D eigenvalue weighted by atomic mass is 16.5. The molecule has 1 amide bonds. The number of primary amides is 1. The molecule has 1 aromatic rings. The highest BCUT2D eigenvalue weighted by molar-refractivity contribution is 5.85. The Morgan fingerprint density at radius 3 is 2.52 bits per heavy atom. The van der Waals surface area contributed by atoms with Crippen molar-refractivity contribution in [3.05, 3.63) is 28.8 Å². The fourth-order valence-corrected chi connectivity index (χ4v) is 3.53. The zero-order chi connectivity index (χ0) is 15.6. The second-order valence-corrected chi connectivity index (χ2v) is 6.36. The largest absolute Gasteiger partial charge is 0.493 e. The smallest absolute Gasteiger partial charge is 0.237 e. The fourth-order valence-electron chi connectivity index (χ4n) is 3.53. The summed E-state index contributed by atoms with van der Waals surface area (Å²) < 4.78 is 5.95. The first kappa shape index (κ1) is 15.8. The van der Waals surface area contributed by atoms with Crippen LogP contribution in [0.3, 0.4) is 0 Å². The first-order valence-corrected chi connectivity index (χ1v) is 7.64. The predicted octanol–water partition coefficient (Wildman–Crippen LogP) is 2.36. The molecule has 4 N–H and O–H groups in total. The number of aryl methyl sites for hydroxylation is 3. The molecule has 0 saturated heterocycles. The van der Waals surface area contributed by atoms with Crippen molar-refractivity contribution < 1.29 is 9.53 Å². The molecule has 0 heterocycles. The topological polar surface area (TPSA) is 78.3 Å². The van der Waals surface area contributed by atoms with Crippen molar-refractivity contribution in [2.45, 2.75) is 52.0 Å². The van der Waals surface area contributed by atoms with Gasteiger partial charge < -0.3 is 16.2 Å². The highest BCUT2D eigenvalue weighted by Crippen LogP contribution is 2.36. The molecule has 0 aliphatic heterocycles. The molecule has 116 valence electrons. The lowest BCUT2D eigenvalue weighted by Crippen LogP contribution is -2.54. The number of nitrogens with two attached hydrogens (primary N) is 2. The van der Waals surface area contributed by atoms with Gasteiger partial charge in [0.15, 0.2) is 0 Å². The molecule has 2 unspecified atom stereocenters. The Hall–Kier alpha value is -1.55. The van der Waals surface area contributed by atoms with Crippen LogP contribution in [0.5, 0.6) is 5.75 Å². The van der Waals surface area contributed by atoms with E-state index in [2.05, 4.69) is 32.9 Å². The third kappa shape index (κ3) is 3.21. The van der Waals surface area contributed by atoms with E-state index in [0.717, 1.165) is 36.1 Å². The van der Waals surface area contributed by atoms with Crippen LogP contribution >= 0.6 is 0 Å². The van der Waals surface area contributed by atoms with Crippen molar-refractivity contribution in [2.24, 2.45) is 17.4 Å². The lowest BCUT2D eigenvalue weighted by Gasteiger charge is -2.28. The predicted molar refractivity (Wildman–Crippen MR) is 84.2 cm³/mol. The minimum Gasteiger partial charge on any atom is -0.493 e. The van der Waals surface area contributed by atoms with Gasteiger partial charge >= 0.3 is 0 Å². The standard InChI is InChI=1S/C17H26N2O2/c1-11-9-12(2)15(13(3)10-11)21-8-6-14-5-4-7-17(14,19)16(18)20/h9-10,14H,4-8,19H2,1-3H3,(H2,18,20). The van der Waals surface area contributed by atoms with Crippen molar-refractivity contribution in [2.75, 3.05) is 6.61 Å². The van der Waals surface area contributed by atoms with Gasteiger partial charge in [-0.05, 0) is 57.1 Å². The molecule has 4 nitrogen and oxygen atoms in total. The van der Waals surface area contributed by atoms with E-state index in [1.54, 1.807) is 0 Å². The maximum absolute atomic E-state index is 11.6. The van der Waals surface area contributed by atoms with E-state index in [1.165, 1.54) is 5.56 Å². The zero-order valence-corrected chi connectivity index (χ0v) is 13.2. The second-order valence-electron chi connectivity index (χ2n) is 6.36. The highest BCUT2D eigenvalue weighted by Gasteiger charge is 2.43. The van der Waals surface area contributed by atoms with Gasteiger partial charge in [-0.2, -0.15) is 0 Å². The summed E-state index contributed by atoms with van der Waals surface area (Å²) in [4.78, 5) is 11.6. The van der Waals surface area contributed by atoms with Crippen molar-refractivity contribution in [1.82, 2.24) is 0 Å². The lowest BCUT2D eigenvalue weighted by atomic mass is 9.85. The molecule has 1 fully saturated rings. The Morgan fingerprint density at radius 2 is 1.95 bits per heavy atom. The average Bonchev–Trinajstić information content (AvgIpc) is 2.75. The van der Waals surface area contributed by atoms with Gasteiger partial charge in [-0.25, -0.2) is 0 Å². The number of carbonyl (C=O) groups is 1. The van der Waals surface area contributed by atoms with Gasteiger partial charge in [0.05, 0.1) is 12.1 Å². The van der Waals surface area contributed by atoms with Gasteiger partial charge in [0.1, 0.15) is 5.75 Å². The minimum absolute atomic E-state index is 0.126. The number of amides is 1. The van der Waals surface area contributed by atoms with Crippen LogP contribution in [-0.4, -0.2) is 18.1 Å². The normalized spacial score (nSPS) is 25.0. The van der Waals surface area contributed by atoms with E-state index < -0.39 is 5.54 Å². The third-order valence-corrected chi connectivity index (χ3v) is 4.65. The van der Waals surface area contributed by atoms with E-state index in [1.807, 2.05) is 0 Å². The Kier molecular flexibility index (Phi) is 4.57. The summed E-state index contributed by atoms with van der Waals surface area (Å²) in [7, 11) is 0. The molecule has 1 aliphatic carbocycles. The Bertz CT molecular complexity index is 519. The van der Waals surface area contributed by atoms with Crippen LogP contribution in [0.25, 0.3) is 0 Å². The number of hydrogen-bond acceptors (Lipinski definition) is 3. The Labute approximate surface area is 126 Å². The van der Waals surface area contributed by atoms with Gasteiger partial charge in [-0.3, -0.25) is 4.79 Å². The summed E-state index contributed by atoms with van der Waals surface area (Å²) >= 11 is 0. The molecule has 2 atom stereocenters. The zero-order valence-electron chi connectivity index (χ0n) is 13.2. The third-order valence-electron chi connectivity index (χ3n) is 4.65. The number of hydrogen-bond donors (Lipinski definition) is 2. The van der Waals surface area contributed by atoms with Gasteiger partial charge in [-0.15, -0.1) is 0 Å². The van der Waals surface area contributed by atoms with Crippen LogP contribution in [0.4, 0.5) is 0 Å². The van der Waals surface area contributed by atoms with Crippen molar-refractivity contribution in [3.63, 3.8) is 0 Å². The summed E-state index contributed by atoms with van der Waals surface area (Å²) in [5.41, 5.74) is 14.3. The SMILES string of the molecule is Cc1cc(C)c(OCCC2CCCC2(N)C(N)=O)c(C)c1. The second kappa shape index (κ2) is 6.06. The van der Waals surface area contributed by atoms with Crippen molar-refractivity contribution in [3.8, 4) is 5.75 Å². The molecular formula is C17H26N2O2. The number of benzene rings is 1. The quantitative estimate of drug-likeness (QED) is 0.873. The summed E-state index contributed by atoms with van der Waals surface area (Å²) in [6.07, 6.45) is 3.38. The molecule has 1 aromatic carbocycles. The monoisotopic (exact) mass is 290 g/mol. The summed E-state index contributed by atoms with van der Waals surface area (Å²) in [5.74, 6) is 0.689. The molecule has 0 aromatic heterocycles. The van der Waals surface area contributed by atoms with Gasteiger partial charge in [0.2, 0.25) is 5.91 Å². The Balaban J connectivity index is 1.98. The van der Waals surface area contributed by atoms with E-state index >= 15 is 0 Å². The summed E-state index contributed by atoms with van der Waals surface area (Å²) in [6.45, 7) is 6.77. The average molecular weight is 290 g/mol. The van der Waals surface area contributed by atoms with E-state index in [4.69, 9.17) is 16.2 Å². The molecule has 2 rings (SSSR count). The molecule has 0 spiro atoms. The maximum atomic E-state index is 11.6. The molecule has 4 heteroatoms. The molecular weight excluding hydrogens is 264 g/mol. The molecule has 21 heavy (non-hydrogen) atoms. The fraction of sp³-hybridized carbons (Fsp3) is 0.588. The van der Waals surface area contributed by atoms with Gasteiger partial charge in [-0.1, -0.05) is 24.1 Å². The molecule has 0 bridgehead atoms. The minimum atomic E-state index is -0.847. The first-order valence-electron chi connectivity index (χ1n) is 7.64. The van der Waals surface area contributed by atoms with E-state index in [-0.39, 0.29) is 11.8 Å². The van der Waals surface area contributed by atoms with E-state index in [0.29, 0.717) is 13.0 Å².